The summed E-state index contributed by atoms with van der Waals surface area (Å²) in [6.45, 7) is 2.56. The second kappa shape index (κ2) is 4.32. The average Bonchev–Trinajstić information content (AvgIpc) is 2.55. The first-order valence-electron chi connectivity index (χ1n) is 5.36. The van der Waals surface area contributed by atoms with Gasteiger partial charge in [0, 0.05) is 12.1 Å². The maximum absolute atomic E-state index is 13.7. The van der Waals surface area contributed by atoms with Crippen LogP contribution in [0.3, 0.4) is 0 Å². The first kappa shape index (κ1) is 11.8. The third kappa shape index (κ3) is 2.08. The molecule has 88 valence electrons. The van der Waals surface area contributed by atoms with Crippen molar-refractivity contribution < 1.29 is 9.13 Å². The summed E-state index contributed by atoms with van der Waals surface area (Å²) in [6, 6.07) is 5.00. The molecule has 0 spiro atoms. The Morgan fingerprint density at radius 1 is 1.62 bits per heavy atom. The molecule has 16 heavy (non-hydrogen) atoms. The van der Waals surface area contributed by atoms with Gasteiger partial charge in [-0.15, -0.1) is 0 Å². The first-order valence-corrected chi connectivity index (χ1v) is 5.74. The summed E-state index contributed by atoms with van der Waals surface area (Å²) in [4.78, 5) is 0. The second-order valence-corrected chi connectivity index (χ2v) is 4.79. The van der Waals surface area contributed by atoms with Gasteiger partial charge in [0.15, 0.2) is 0 Å². The van der Waals surface area contributed by atoms with Crippen molar-refractivity contribution in [2.75, 3.05) is 6.61 Å². The van der Waals surface area contributed by atoms with Gasteiger partial charge in [-0.3, -0.25) is 0 Å². The van der Waals surface area contributed by atoms with Crippen molar-refractivity contribution in [3.8, 4) is 0 Å². The van der Waals surface area contributed by atoms with Gasteiger partial charge in [0.2, 0.25) is 0 Å². The number of benzene rings is 1. The number of hydrogen-bond acceptors (Lipinski definition) is 2. The molecule has 0 aromatic heterocycles. The quantitative estimate of drug-likeness (QED) is 0.866. The maximum atomic E-state index is 13.7. The van der Waals surface area contributed by atoms with Crippen LogP contribution in [0.1, 0.15) is 18.9 Å². The van der Waals surface area contributed by atoms with Crippen LogP contribution in [0.25, 0.3) is 0 Å². The minimum absolute atomic E-state index is 0.0501. The van der Waals surface area contributed by atoms with E-state index in [0.29, 0.717) is 18.6 Å². The molecule has 1 aromatic carbocycles. The van der Waals surface area contributed by atoms with Gasteiger partial charge < -0.3 is 10.5 Å². The highest BCUT2D eigenvalue weighted by molar-refractivity contribution is 6.30. The average molecular weight is 244 g/mol. The second-order valence-electron chi connectivity index (χ2n) is 4.39. The number of halogens is 2. The Kier molecular flexibility index (Phi) is 3.19. The van der Waals surface area contributed by atoms with E-state index in [1.54, 1.807) is 12.1 Å². The highest BCUT2D eigenvalue weighted by Gasteiger charge is 2.38. The van der Waals surface area contributed by atoms with Gasteiger partial charge in [-0.05, 0) is 31.4 Å². The lowest BCUT2D eigenvalue weighted by Gasteiger charge is -2.27. The van der Waals surface area contributed by atoms with Gasteiger partial charge in [0.1, 0.15) is 5.82 Å². The zero-order valence-electron chi connectivity index (χ0n) is 9.17. The van der Waals surface area contributed by atoms with Crippen molar-refractivity contribution in [2.45, 2.75) is 31.4 Å². The lowest BCUT2D eigenvalue weighted by Crippen LogP contribution is -2.48. The molecule has 1 heterocycles. The summed E-state index contributed by atoms with van der Waals surface area (Å²) in [7, 11) is 0. The predicted molar refractivity (Wildman–Crippen MR) is 62.1 cm³/mol. The largest absolute Gasteiger partial charge is 0.377 e. The van der Waals surface area contributed by atoms with Crippen LogP contribution in [-0.2, 0) is 11.2 Å². The van der Waals surface area contributed by atoms with Crippen LogP contribution in [0.15, 0.2) is 18.2 Å². The molecule has 1 aliphatic rings. The molecule has 1 aromatic rings. The lowest BCUT2D eigenvalue weighted by atomic mass is 9.86. The Morgan fingerprint density at radius 2 is 2.38 bits per heavy atom. The van der Waals surface area contributed by atoms with Crippen LogP contribution in [0.5, 0.6) is 0 Å². The predicted octanol–water partition coefficient (Wildman–Crippen LogP) is 2.53. The monoisotopic (exact) mass is 243 g/mol. The van der Waals surface area contributed by atoms with E-state index in [9.17, 15) is 4.39 Å². The maximum Gasteiger partial charge on any atom is 0.145 e. The minimum Gasteiger partial charge on any atom is -0.377 e. The van der Waals surface area contributed by atoms with E-state index >= 15 is 0 Å². The van der Waals surface area contributed by atoms with E-state index < -0.39 is 5.54 Å². The van der Waals surface area contributed by atoms with Gasteiger partial charge in [-0.1, -0.05) is 23.7 Å². The molecule has 0 aliphatic carbocycles. The number of hydrogen-bond donors (Lipinski definition) is 1. The molecule has 1 aliphatic heterocycles. The highest BCUT2D eigenvalue weighted by atomic mass is 35.5. The molecular formula is C12H15ClFNO. The molecule has 2 atom stereocenters. The number of rotatable bonds is 2. The van der Waals surface area contributed by atoms with E-state index in [-0.39, 0.29) is 16.9 Å². The van der Waals surface area contributed by atoms with Crippen LogP contribution in [0.4, 0.5) is 4.39 Å². The van der Waals surface area contributed by atoms with Crippen LogP contribution in [0, 0.1) is 5.82 Å². The topological polar surface area (TPSA) is 35.2 Å². The molecule has 2 N–H and O–H groups in total. The van der Waals surface area contributed by atoms with Gasteiger partial charge >= 0.3 is 0 Å². The number of ether oxygens (including phenoxy) is 1. The normalized spacial score (nSPS) is 29.6. The zero-order chi connectivity index (χ0) is 11.8. The minimum atomic E-state index is -0.481. The zero-order valence-corrected chi connectivity index (χ0v) is 9.93. The Hall–Kier alpha value is -0.640. The highest BCUT2D eigenvalue weighted by Crippen LogP contribution is 2.29. The summed E-state index contributed by atoms with van der Waals surface area (Å²) >= 11 is 5.73. The molecule has 2 nitrogen and oxygen atoms in total. The van der Waals surface area contributed by atoms with Crippen molar-refractivity contribution in [2.24, 2.45) is 5.73 Å². The molecule has 0 radical (unpaired) electrons. The van der Waals surface area contributed by atoms with Crippen LogP contribution in [-0.4, -0.2) is 18.2 Å². The van der Waals surface area contributed by atoms with Crippen molar-refractivity contribution in [1.29, 1.82) is 0 Å². The van der Waals surface area contributed by atoms with E-state index in [0.717, 1.165) is 6.42 Å². The van der Waals surface area contributed by atoms with E-state index in [2.05, 4.69) is 0 Å². The smallest absolute Gasteiger partial charge is 0.145 e. The SMILES string of the molecule is CC1OCCC1(N)Cc1cccc(Cl)c1F. The summed E-state index contributed by atoms with van der Waals surface area (Å²) in [5.74, 6) is -0.368. The molecule has 2 rings (SSSR count). The standard InChI is InChI=1S/C12H15ClFNO/c1-8-12(15,5-6-16-8)7-9-3-2-4-10(13)11(9)14/h2-4,8H,5-7,15H2,1H3. The molecule has 0 amide bonds. The molecular weight excluding hydrogens is 229 g/mol. The molecule has 2 unspecified atom stereocenters. The van der Waals surface area contributed by atoms with E-state index in [4.69, 9.17) is 22.1 Å². The Morgan fingerprint density at radius 3 is 3.00 bits per heavy atom. The van der Waals surface area contributed by atoms with Crippen LogP contribution >= 0.6 is 11.6 Å². The number of nitrogens with two attached hydrogens (primary N) is 1. The molecule has 1 saturated heterocycles. The summed E-state index contributed by atoms with van der Waals surface area (Å²) < 4.78 is 19.2. The molecule has 4 heteroatoms. The molecule has 0 saturated carbocycles. The molecule has 0 bridgehead atoms. The van der Waals surface area contributed by atoms with Crippen molar-refractivity contribution in [3.05, 3.63) is 34.6 Å². The third-order valence-electron chi connectivity index (χ3n) is 3.30. The third-order valence-corrected chi connectivity index (χ3v) is 3.59. The fourth-order valence-electron chi connectivity index (χ4n) is 2.07. The Labute approximate surface area is 99.5 Å². The molecule has 1 fully saturated rings. The Balaban J connectivity index is 2.24. The first-order chi connectivity index (χ1) is 7.53. The van der Waals surface area contributed by atoms with Crippen LogP contribution in [0.2, 0.25) is 5.02 Å². The fraction of sp³-hybridized carbons (Fsp3) is 0.500. The van der Waals surface area contributed by atoms with Crippen molar-refractivity contribution in [1.82, 2.24) is 0 Å². The Bertz CT molecular complexity index is 399. The van der Waals surface area contributed by atoms with Crippen molar-refractivity contribution >= 4 is 11.6 Å². The fourth-order valence-corrected chi connectivity index (χ4v) is 2.26. The van der Waals surface area contributed by atoms with Crippen molar-refractivity contribution in [3.63, 3.8) is 0 Å². The van der Waals surface area contributed by atoms with Gasteiger partial charge in [-0.2, -0.15) is 0 Å². The summed E-state index contributed by atoms with van der Waals surface area (Å²) in [5.41, 5.74) is 6.30. The van der Waals surface area contributed by atoms with Gasteiger partial charge in [-0.25, -0.2) is 4.39 Å². The van der Waals surface area contributed by atoms with Gasteiger partial charge in [0.25, 0.3) is 0 Å². The van der Waals surface area contributed by atoms with Crippen LogP contribution < -0.4 is 5.73 Å². The van der Waals surface area contributed by atoms with Gasteiger partial charge in [0.05, 0.1) is 11.1 Å². The van der Waals surface area contributed by atoms with E-state index in [1.807, 2.05) is 6.92 Å². The van der Waals surface area contributed by atoms with E-state index in [1.165, 1.54) is 6.07 Å². The summed E-state index contributed by atoms with van der Waals surface area (Å²) in [6.07, 6.45) is 1.16. The summed E-state index contributed by atoms with van der Waals surface area (Å²) in [5, 5.41) is 0.146. The lowest BCUT2D eigenvalue weighted by molar-refractivity contribution is 0.0953.